The Balaban J connectivity index is 1.27. The molecule has 4 aromatic rings. The van der Waals surface area contributed by atoms with E-state index in [4.69, 9.17) is 16.3 Å². The lowest BCUT2D eigenvalue weighted by Gasteiger charge is -2.15. The van der Waals surface area contributed by atoms with Gasteiger partial charge in [-0.1, -0.05) is 29.8 Å². The summed E-state index contributed by atoms with van der Waals surface area (Å²) in [4.78, 5) is 0.0140. The number of aromatic amines is 1. The molecule has 3 aromatic carbocycles. The zero-order valence-electron chi connectivity index (χ0n) is 19.1. The van der Waals surface area contributed by atoms with Crippen LogP contribution in [0.3, 0.4) is 0 Å². The predicted molar refractivity (Wildman–Crippen MR) is 133 cm³/mol. The van der Waals surface area contributed by atoms with Gasteiger partial charge in [-0.05, 0) is 48.0 Å². The van der Waals surface area contributed by atoms with Crippen LogP contribution in [0.4, 0.5) is 18.9 Å². The highest BCUT2D eigenvalue weighted by atomic mass is 35.5. The molecular weight excluding hydrogens is 533 g/mol. The predicted octanol–water partition coefficient (Wildman–Crippen LogP) is 4.74. The van der Waals surface area contributed by atoms with Crippen LogP contribution in [0, 0.1) is 0 Å². The lowest BCUT2D eigenvalue weighted by atomic mass is 10.1. The molecule has 4 N–H and O–H groups in total. The molecule has 37 heavy (non-hydrogen) atoms. The van der Waals surface area contributed by atoms with E-state index < -0.39 is 28.0 Å². The minimum Gasteiger partial charge on any atom is -0.492 e. The normalized spacial score (nSPS) is 13.0. The monoisotopic (exact) mass is 554 g/mol. The van der Waals surface area contributed by atoms with Gasteiger partial charge in [-0.2, -0.15) is 18.3 Å². The second-order valence-corrected chi connectivity index (χ2v) is 10.2. The Morgan fingerprint density at radius 2 is 1.86 bits per heavy atom. The number of fused-ring (bicyclic) bond motifs is 1. The van der Waals surface area contributed by atoms with Crippen molar-refractivity contribution in [2.24, 2.45) is 0 Å². The van der Waals surface area contributed by atoms with E-state index in [2.05, 4.69) is 20.2 Å². The quantitative estimate of drug-likeness (QED) is 0.210. The minimum absolute atomic E-state index is 0.0140. The summed E-state index contributed by atoms with van der Waals surface area (Å²) in [6.07, 6.45) is -5.48. The standard InChI is InChI=1S/C24H22ClF3N4O4S/c25-16-4-2-6-19(12-16)37(34,35)32-17-5-1-3-15(11-17)22(33)14-29-9-10-36-18-7-8-20-21(13-18)30-31-23(20)24(26,27)28/h1-8,11-13,22,29,32-33H,9-10,14H2,(H,30,31). The highest BCUT2D eigenvalue weighted by Crippen LogP contribution is 2.34. The highest BCUT2D eigenvalue weighted by Gasteiger charge is 2.35. The third kappa shape index (κ3) is 6.72. The van der Waals surface area contributed by atoms with Crippen molar-refractivity contribution in [1.82, 2.24) is 15.5 Å². The molecule has 4 rings (SSSR count). The molecule has 1 atom stereocenters. The number of nitrogens with one attached hydrogen (secondary N) is 3. The molecule has 0 aliphatic carbocycles. The zero-order chi connectivity index (χ0) is 26.6. The first kappa shape index (κ1) is 26.7. The van der Waals surface area contributed by atoms with Gasteiger partial charge < -0.3 is 15.2 Å². The van der Waals surface area contributed by atoms with E-state index >= 15 is 0 Å². The van der Waals surface area contributed by atoms with Crippen molar-refractivity contribution in [3.05, 3.63) is 83.0 Å². The Labute approximate surface area is 215 Å². The summed E-state index contributed by atoms with van der Waals surface area (Å²) in [6.45, 7) is 0.688. The number of rotatable bonds is 10. The number of aliphatic hydroxyl groups excluding tert-OH is 1. The molecule has 0 bridgehead atoms. The number of ether oxygens (including phenoxy) is 1. The fraction of sp³-hybridized carbons (Fsp3) is 0.208. The number of halogens is 4. The summed E-state index contributed by atoms with van der Waals surface area (Å²) in [5, 5.41) is 19.4. The molecule has 0 radical (unpaired) electrons. The van der Waals surface area contributed by atoms with E-state index in [1.165, 1.54) is 42.5 Å². The van der Waals surface area contributed by atoms with Crippen molar-refractivity contribution in [3.63, 3.8) is 0 Å². The molecule has 0 fully saturated rings. The Morgan fingerprint density at radius 3 is 2.62 bits per heavy atom. The Bertz CT molecular complexity index is 1490. The van der Waals surface area contributed by atoms with Crippen molar-refractivity contribution < 1.29 is 31.4 Å². The summed E-state index contributed by atoms with van der Waals surface area (Å²) in [6, 6.07) is 16.4. The van der Waals surface area contributed by atoms with Crippen molar-refractivity contribution in [2.75, 3.05) is 24.4 Å². The van der Waals surface area contributed by atoms with Gasteiger partial charge in [-0.15, -0.1) is 0 Å². The third-order valence-corrected chi connectivity index (χ3v) is 6.93. The van der Waals surface area contributed by atoms with E-state index in [0.29, 0.717) is 22.9 Å². The second kappa shape index (κ2) is 11.0. The van der Waals surface area contributed by atoms with Crippen LogP contribution < -0.4 is 14.8 Å². The minimum atomic E-state index is -4.55. The van der Waals surface area contributed by atoms with Gasteiger partial charge in [-0.3, -0.25) is 9.82 Å². The Hall–Kier alpha value is -3.32. The molecular formula is C24H22ClF3N4O4S. The lowest BCUT2D eigenvalue weighted by Crippen LogP contribution is -2.26. The molecule has 0 spiro atoms. The first-order valence-corrected chi connectivity index (χ1v) is 12.8. The lowest BCUT2D eigenvalue weighted by molar-refractivity contribution is -0.139. The largest absolute Gasteiger partial charge is 0.492 e. The van der Waals surface area contributed by atoms with Gasteiger partial charge in [0.05, 0.1) is 16.5 Å². The van der Waals surface area contributed by atoms with Gasteiger partial charge >= 0.3 is 6.18 Å². The maximum absolute atomic E-state index is 12.9. The summed E-state index contributed by atoms with van der Waals surface area (Å²) in [5.41, 5.74) is -0.00211. The van der Waals surface area contributed by atoms with Crippen LogP contribution in [-0.4, -0.2) is 43.4 Å². The first-order valence-electron chi connectivity index (χ1n) is 11.0. The maximum atomic E-state index is 12.9. The van der Waals surface area contributed by atoms with Crippen LogP contribution in [0.15, 0.2) is 71.6 Å². The van der Waals surface area contributed by atoms with E-state index in [-0.39, 0.29) is 34.6 Å². The molecule has 1 aromatic heterocycles. The molecule has 0 saturated carbocycles. The molecule has 0 aliphatic rings. The SMILES string of the molecule is O=S(=O)(Nc1cccc(C(O)CNCCOc2ccc3c(C(F)(F)F)n[nH]c3c2)c1)c1cccc(Cl)c1. The molecule has 8 nitrogen and oxygen atoms in total. The van der Waals surface area contributed by atoms with Gasteiger partial charge in [0.15, 0.2) is 5.69 Å². The van der Waals surface area contributed by atoms with E-state index in [1.54, 1.807) is 24.3 Å². The van der Waals surface area contributed by atoms with Crippen molar-refractivity contribution >= 4 is 38.2 Å². The van der Waals surface area contributed by atoms with Gasteiger partial charge in [0.2, 0.25) is 0 Å². The number of nitrogens with zero attached hydrogens (tertiary/aromatic N) is 1. The fourth-order valence-corrected chi connectivity index (χ4v) is 4.91. The van der Waals surface area contributed by atoms with Gasteiger partial charge in [-0.25, -0.2) is 8.42 Å². The van der Waals surface area contributed by atoms with Crippen LogP contribution >= 0.6 is 11.6 Å². The second-order valence-electron chi connectivity index (χ2n) is 8.03. The average molecular weight is 555 g/mol. The number of hydrogen-bond donors (Lipinski definition) is 4. The Kier molecular flexibility index (Phi) is 7.93. The molecule has 1 unspecified atom stereocenters. The number of benzene rings is 3. The fourth-order valence-electron chi connectivity index (χ4n) is 3.56. The van der Waals surface area contributed by atoms with Gasteiger partial charge in [0.1, 0.15) is 12.4 Å². The molecule has 0 aliphatic heterocycles. The third-order valence-electron chi connectivity index (χ3n) is 5.32. The molecule has 0 saturated heterocycles. The van der Waals surface area contributed by atoms with Crippen LogP contribution in [0.5, 0.6) is 5.75 Å². The first-order chi connectivity index (χ1) is 17.5. The average Bonchev–Trinajstić information content (AvgIpc) is 3.28. The van der Waals surface area contributed by atoms with Crippen molar-refractivity contribution in [3.8, 4) is 5.75 Å². The van der Waals surface area contributed by atoms with Crippen LogP contribution in [-0.2, 0) is 16.2 Å². The molecule has 1 heterocycles. The Morgan fingerprint density at radius 1 is 1.08 bits per heavy atom. The smallest absolute Gasteiger partial charge is 0.435 e. The van der Waals surface area contributed by atoms with Gasteiger partial charge in [0, 0.05) is 35.3 Å². The highest BCUT2D eigenvalue weighted by molar-refractivity contribution is 7.92. The van der Waals surface area contributed by atoms with E-state index in [1.807, 2.05) is 0 Å². The summed E-state index contributed by atoms with van der Waals surface area (Å²) >= 11 is 5.88. The van der Waals surface area contributed by atoms with Crippen LogP contribution in [0.2, 0.25) is 5.02 Å². The van der Waals surface area contributed by atoms with Gasteiger partial charge in [0.25, 0.3) is 10.0 Å². The number of anilines is 1. The number of hydrogen-bond acceptors (Lipinski definition) is 6. The molecule has 196 valence electrons. The number of H-pyrrole nitrogens is 1. The zero-order valence-corrected chi connectivity index (χ0v) is 20.7. The molecule has 13 heteroatoms. The number of sulfonamides is 1. The van der Waals surface area contributed by atoms with E-state index in [9.17, 15) is 26.7 Å². The van der Waals surface area contributed by atoms with Crippen LogP contribution in [0.1, 0.15) is 17.4 Å². The van der Waals surface area contributed by atoms with Crippen molar-refractivity contribution in [1.29, 1.82) is 0 Å². The number of aromatic nitrogens is 2. The molecule has 0 amide bonds. The summed E-state index contributed by atoms with van der Waals surface area (Å²) < 4.78 is 72.0. The van der Waals surface area contributed by atoms with E-state index in [0.717, 1.165) is 0 Å². The number of alkyl halides is 3. The summed E-state index contributed by atoms with van der Waals surface area (Å²) in [7, 11) is -3.86. The van der Waals surface area contributed by atoms with Crippen LogP contribution in [0.25, 0.3) is 10.9 Å². The summed E-state index contributed by atoms with van der Waals surface area (Å²) in [5.74, 6) is 0.368. The number of aliphatic hydroxyl groups is 1. The topological polar surface area (TPSA) is 116 Å². The van der Waals surface area contributed by atoms with Crippen molar-refractivity contribution in [2.45, 2.75) is 17.2 Å². The maximum Gasteiger partial charge on any atom is 0.435 e.